The van der Waals surface area contributed by atoms with Crippen molar-refractivity contribution >= 4 is 65.2 Å². The van der Waals surface area contributed by atoms with Gasteiger partial charge in [-0.1, -0.05) is 166 Å². The first kappa shape index (κ1) is 29.5. The lowest BCUT2D eigenvalue weighted by atomic mass is 9.83. The maximum absolute atomic E-state index is 2.65. The summed E-state index contributed by atoms with van der Waals surface area (Å²) in [4.78, 5) is 2.65. The average Bonchev–Trinajstić information content (AvgIpc) is 3.16. The molecule has 0 radical (unpaired) electrons. The smallest absolute Gasteiger partial charge is 0.0576 e. The standard InChI is InChI=1S/C48H39N/c1-31(2)33-27-29-35(30-28-33)49(45-26-14-16-34-15-4-5-19-38(34)45)48-43-24-12-10-22-41(43)47(42-23-11-13-25-44(42)48)46-39-20-8-6-17-36(39)32(3)37-18-7-9-21-40(37)46/h4-29,31,35H,30H2,1-3H3. The minimum absolute atomic E-state index is 0.159. The zero-order chi connectivity index (χ0) is 33.1. The molecule has 0 spiro atoms. The number of anilines is 2. The van der Waals surface area contributed by atoms with E-state index in [0.29, 0.717) is 5.92 Å². The summed E-state index contributed by atoms with van der Waals surface area (Å²) in [5.41, 5.74) is 7.87. The van der Waals surface area contributed by atoms with Crippen molar-refractivity contribution in [1.29, 1.82) is 0 Å². The van der Waals surface area contributed by atoms with Crippen molar-refractivity contribution in [2.45, 2.75) is 33.2 Å². The number of nitrogens with zero attached hydrogens (tertiary/aromatic N) is 1. The van der Waals surface area contributed by atoms with Crippen molar-refractivity contribution in [3.8, 4) is 11.1 Å². The highest BCUT2D eigenvalue weighted by atomic mass is 15.2. The molecule has 0 saturated heterocycles. The summed E-state index contributed by atoms with van der Waals surface area (Å²) < 4.78 is 0. The molecule has 1 heteroatoms. The molecule has 0 fully saturated rings. The minimum Gasteiger partial charge on any atom is -0.333 e. The quantitative estimate of drug-likeness (QED) is 0.171. The van der Waals surface area contributed by atoms with Crippen LogP contribution < -0.4 is 4.90 Å². The lowest BCUT2D eigenvalue weighted by Crippen LogP contribution is -2.31. The second-order valence-corrected chi connectivity index (χ2v) is 13.8. The van der Waals surface area contributed by atoms with Gasteiger partial charge in [-0.05, 0) is 85.3 Å². The van der Waals surface area contributed by atoms with Gasteiger partial charge in [-0.15, -0.1) is 0 Å². The van der Waals surface area contributed by atoms with E-state index in [9.17, 15) is 0 Å². The molecule has 8 aromatic rings. The van der Waals surface area contributed by atoms with Gasteiger partial charge in [-0.3, -0.25) is 0 Å². The molecule has 0 saturated carbocycles. The summed E-state index contributed by atoms with van der Waals surface area (Å²) in [6.45, 7) is 6.85. The van der Waals surface area contributed by atoms with Crippen LogP contribution in [0.2, 0.25) is 0 Å². The Bertz CT molecular complexity index is 2520. The zero-order valence-corrected chi connectivity index (χ0v) is 28.3. The molecule has 1 aliphatic carbocycles. The molecule has 1 aliphatic rings. The van der Waals surface area contributed by atoms with E-state index >= 15 is 0 Å². The van der Waals surface area contributed by atoms with Gasteiger partial charge in [-0.25, -0.2) is 0 Å². The molecular weight excluding hydrogens is 591 g/mol. The van der Waals surface area contributed by atoms with E-state index in [2.05, 4.69) is 183 Å². The topological polar surface area (TPSA) is 3.24 Å². The number of hydrogen-bond donors (Lipinski definition) is 0. The lowest BCUT2D eigenvalue weighted by Gasteiger charge is -2.36. The number of fused-ring (bicyclic) bond motifs is 5. The van der Waals surface area contributed by atoms with Crippen molar-refractivity contribution in [3.05, 3.63) is 169 Å². The molecule has 49 heavy (non-hydrogen) atoms. The number of rotatable bonds is 5. The first-order valence-corrected chi connectivity index (χ1v) is 17.6. The minimum atomic E-state index is 0.159. The first-order chi connectivity index (χ1) is 24.1. The Hall–Kier alpha value is -5.66. The van der Waals surface area contributed by atoms with Gasteiger partial charge in [0.2, 0.25) is 0 Å². The van der Waals surface area contributed by atoms with E-state index in [1.54, 1.807) is 0 Å². The van der Waals surface area contributed by atoms with Crippen LogP contribution in [0.5, 0.6) is 0 Å². The van der Waals surface area contributed by atoms with Gasteiger partial charge in [-0.2, -0.15) is 0 Å². The summed E-state index contributed by atoms with van der Waals surface area (Å²) in [7, 11) is 0. The van der Waals surface area contributed by atoms with E-state index in [4.69, 9.17) is 0 Å². The zero-order valence-electron chi connectivity index (χ0n) is 28.3. The molecule has 0 heterocycles. The highest BCUT2D eigenvalue weighted by Gasteiger charge is 2.28. The molecule has 9 rings (SSSR count). The van der Waals surface area contributed by atoms with Crippen LogP contribution in [-0.4, -0.2) is 6.04 Å². The van der Waals surface area contributed by atoms with Gasteiger partial charge in [0, 0.05) is 21.8 Å². The Morgan fingerprint density at radius 1 is 0.510 bits per heavy atom. The highest BCUT2D eigenvalue weighted by Crippen LogP contribution is 2.50. The van der Waals surface area contributed by atoms with Gasteiger partial charge in [0.05, 0.1) is 11.7 Å². The Morgan fingerprint density at radius 3 is 1.47 bits per heavy atom. The van der Waals surface area contributed by atoms with Crippen LogP contribution in [0.1, 0.15) is 25.8 Å². The molecule has 0 N–H and O–H groups in total. The number of aryl methyl sites for hydroxylation is 1. The molecule has 0 aromatic heterocycles. The fourth-order valence-electron chi connectivity index (χ4n) is 8.38. The molecule has 0 aliphatic heterocycles. The largest absolute Gasteiger partial charge is 0.333 e. The molecular formula is C48H39N. The van der Waals surface area contributed by atoms with Crippen molar-refractivity contribution in [2.75, 3.05) is 4.90 Å². The van der Waals surface area contributed by atoms with Crippen LogP contribution in [0.15, 0.2) is 163 Å². The van der Waals surface area contributed by atoms with Crippen molar-refractivity contribution < 1.29 is 0 Å². The normalized spacial score (nSPS) is 14.8. The van der Waals surface area contributed by atoms with Crippen LogP contribution in [-0.2, 0) is 0 Å². The summed E-state index contributed by atoms with van der Waals surface area (Å²) >= 11 is 0. The predicted molar refractivity (Wildman–Crippen MR) is 213 cm³/mol. The third kappa shape index (κ3) is 4.68. The summed E-state index contributed by atoms with van der Waals surface area (Å²) in [6, 6.07) is 51.9. The van der Waals surface area contributed by atoms with Crippen molar-refractivity contribution in [2.24, 2.45) is 5.92 Å². The van der Waals surface area contributed by atoms with Crippen LogP contribution >= 0.6 is 0 Å². The van der Waals surface area contributed by atoms with Gasteiger partial charge in [0.1, 0.15) is 0 Å². The lowest BCUT2D eigenvalue weighted by molar-refractivity contribution is 0.734. The second kappa shape index (κ2) is 11.8. The molecule has 1 nitrogen and oxygen atoms in total. The number of allylic oxidation sites excluding steroid dienone is 2. The van der Waals surface area contributed by atoms with Gasteiger partial charge < -0.3 is 4.90 Å². The third-order valence-corrected chi connectivity index (χ3v) is 10.7. The van der Waals surface area contributed by atoms with E-state index < -0.39 is 0 Å². The molecule has 0 amide bonds. The SMILES string of the molecule is Cc1c2ccccc2c(-c2c3ccccc3c(N(c3cccc4ccccc34)C3C=CC(C(C)C)=CC3)c3ccccc23)c2ccccc12. The van der Waals surface area contributed by atoms with E-state index in [-0.39, 0.29) is 6.04 Å². The van der Waals surface area contributed by atoms with Crippen LogP contribution in [0.25, 0.3) is 65.0 Å². The van der Waals surface area contributed by atoms with Crippen LogP contribution in [0.4, 0.5) is 11.4 Å². The highest BCUT2D eigenvalue weighted by molar-refractivity contribution is 6.28. The second-order valence-electron chi connectivity index (χ2n) is 13.8. The molecule has 8 aromatic carbocycles. The maximum Gasteiger partial charge on any atom is 0.0576 e. The van der Waals surface area contributed by atoms with E-state index in [1.807, 2.05) is 0 Å². The summed E-state index contributed by atoms with van der Waals surface area (Å²) in [5.74, 6) is 0.503. The molecule has 236 valence electrons. The number of benzene rings is 8. The summed E-state index contributed by atoms with van der Waals surface area (Å²) in [5, 5.41) is 12.8. The van der Waals surface area contributed by atoms with Gasteiger partial charge >= 0.3 is 0 Å². The van der Waals surface area contributed by atoms with Gasteiger partial charge in [0.15, 0.2) is 0 Å². The monoisotopic (exact) mass is 629 g/mol. The average molecular weight is 630 g/mol. The van der Waals surface area contributed by atoms with E-state index in [0.717, 1.165) is 6.42 Å². The third-order valence-electron chi connectivity index (χ3n) is 10.7. The first-order valence-electron chi connectivity index (χ1n) is 17.6. The fraction of sp³-hybridized carbons (Fsp3) is 0.125. The fourth-order valence-corrected chi connectivity index (χ4v) is 8.38. The number of hydrogen-bond acceptors (Lipinski definition) is 1. The molecule has 1 unspecified atom stereocenters. The van der Waals surface area contributed by atoms with Crippen molar-refractivity contribution in [1.82, 2.24) is 0 Å². The Balaban J connectivity index is 1.43. The van der Waals surface area contributed by atoms with Crippen LogP contribution in [0, 0.1) is 12.8 Å². The van der Waals surface area contributed by atoms with E-state index in [1.165, 1.54) is 87.5 Å². The predicted octanol–water partition coefficient (Wildman–Crippen LogP) is 13.5. The Labute approximate surface area is 288 Å². The maximum atomic E-state index is 2.65. The van der Waals surface area contributed by atoms with Crippen LogP contribution in [0.3, 0.4) is 0 Å². The van der Waals surface area contributed by atoms with Gasteiger partial charge in [0.25, 0.3) is 0 Å². The Morgan fingerprint density at radius 2 is 0.959 bits per heavy atom. The summed E-state index contributed by atoms with van der Waals surface area (Å²) in [6.07, 6.45) is 8.21. The molecule has 1 atom stereocenters. The van der Waals surface area contributed by atoms with Crippen molar-refractivity contribution in [3.63, 3.8) is 0 Å². The molecule has 0 bridgehead atoms. The Kier molecular flexibility index (Phi) is 7.09.